The van der Waals surface area contributed by atoms with E-state index in [9.17, 15) is 0 Å². The Morgan fingerprint density at radius 2 is 2.25 bits per heavy atom. The van der Waals surface area contributed by atoms with Gasteiger partial charge in [-0.15, -0.1) is 0 Å². The van der Waals surface area contributed by atoms with Crippen molar-refractivity contribution in [1.82, 2.24) is 0 Å². The van der Waals surface area contributed by atoms with Gasteiger partial charge >= 0.3 is 0 Å². The molecule has 0 aromatic rings. The molecule has 0 aromatic heterocycles. The Bertz CT molecular complexity index is 132. The normalized spacial score (nSPS) is 28.8. The van der Waals surface area contributed by atoms with E-state index in [0.717, 1.165) is 19.6 Å². The van der Waals surface area contributed by atoms with Gasteiger partial charge < -0.3 is 9.47 Å². The largest absolute Gasteiger partial charge is 0.385 e. The van der Waals surface area contributed by atoms with Crippen molar-refractivity contribution in [1.29, 1.82) is 0 Å². The third-order valence-electron chi connectivity index (χ3n) is 2.56. The molecule has 1 heterocycles. The molecule has 0 amide bonds. The second-order valence-electron chi connectivity index (χ2n) is 4.39. The first-order valence-electron chi connectivity index (χ1n) is 4.74. The minimum atomic E-state index is 0.425. The van der Waals surface area contributed by atoms with Crippen LogP contribution in [0.25, 0.3) is 0 Å². The van der Waals surface area contributed by atoms with E-state index in [1.54, 1.807) is 7.11 Å². The Morgan fingerprint density at radius 3 is 2.83 bits per heavy atom. The average molecular weight is 172 g/mol. The highest BCUT2D eigenvalue weighted by Gasteiger charge is 2.28. The molecule has 1 saturated heterocycles. The Balaban J connectivity index is 2.26. The maximum Gasteiger partial charge on any atom is 0.0602 e. The summed E-state index contributed by atoms with van der Waals surface area (Å²) in [6, 6.07) is 0. The maximum atomic E-state index is 5.64. The molecule has 0 radical (unpaired) electrons. The van der Waals surface area contributed by atoms with Gasteiger partial charge in [-0.1, -0.05) is 13.8 Å². The topological polar surface area (TPSA) is 18.5 Å². The highest BCUT2D eigenvalue weighted by molar-refractivity contribution is 4.78. The van der Waals surface area contributed by atoms with Gasteiger partial charge in [0, 0.05) is 20.3 Å². The minimum absolute atomic E-state index is 0.425. The summed E-state index contributed by atoms with van der Waals surface area (Å²) in [5.41, 5.74) is 0.469. The molecule has 1 atom stereocenters. The van der Waals surface area contributed by atoms with E-state index in [4.69, 9.17) is 9.47 Å². The number of methoxy groups -OCH3 is 1. The summed E-state index contributed by atoms with van der Waals surface area (Å²) in [7, 11) is 1.74. The van der Waals surface area contributed by atoms with Crippen LogP contribution in [0.2, 0.25) is 0 Å². The van der Waals surface area contributed by atoms with Gasteiger partial charge in [0.2, 0.25) is 0 Å². The van der Waals surface area contributed by atoms with Crippen LogP contribution in [-0.4, -0.2) is 26.4 Å². The van der Waals surface area contributed by atoms with Crippen LogP contribution in [0.4, 0.5) is 0 Å². The van der Waals surface area contributed by atoms with Crippen LogP contribution in [-0.2, 0) is 9.47 Å². The minimum Gasteiger partial charge on any atom is -0.385 e. The summed E-state index contributed by atoms with van der Waals surface area (Å²) < 4.78 is 10.7. The Hall–Kier alpha value is -0.0800. The van der Waals surface area contributed by atoms with E-state index in [-0.39, 0.29) is 0 Å². The number of ether oxygens (including phenoxy) is 2. The van der Waals surface area contributed by atoms with Gasteiger partial charge in [0.1, 0.15) is 0 Å². The molecular formula is C10H20O2. The van der Waals surface area contributed by atoms with E-state index in [0.29, 0.717) is 11.5 Å². The summed E-state index contributed by atoms with van der Waals surface area (Å²) in [6.45, 7) is 6.37. The van der Waals surface area contributed by atoms with E-state index < -0.39 is 0 Å². The molecule has 0 N–H and O–H groups in total. The average Bonchev–Trinajstić information content (AvgIpc) is 1.99. The fourth-order valence-corrected chi connectivity index (χ4v) is 1.71. The quantitative estimate of drug-likeness (QED) is 0.650. The number of hydrogen-bond acceptors (Lipinski definition) is 2. The predicted molar refractivity (Wildman–Crippen MR) is 49.2 cm³/mol. The van der Waals surface area contributed by atoms with Crippen molar-refractivity contribution < 1.29 is 9.47 Å². The molecule has 0 spiro atoms. The summed E-state index contributed by atoms with van der Waals surface area (Å²) in [5.74, 6) is 0. The SMILES string of the molecule is COCCC1CC(C)(C)CCO1. The lowest BCUT2D eigenvalue weighted by Crippen LogP contribution is -2.31. The molecule has 2 heteroatoms. The van der Waals surface area contributed by atoms with Crippen molar-refractivity contribution in [3.8, 4) is 0 Å². The smallest absolute Gasteiger partial charge is 0.0602 e. The second kappa shape index (κ2) is 4.24. The van der Waals surface area contributed by atoms with Gasteiger partial charge in [-0.25, -0.2) is 0 Å². The zero-order chi connectivity index (χ0) is 9.03. The number of rotatable bonds is 3. The Kier molecular flexibility index (Phi) is 3.53. The van der Waals surface area contributed by atoms with Crippen molar-refractivity contribution in [2.45, 2.75) is 39.2 Å². The van der Waals surface area contributed by atoms with Crippen molar-refractivity contribution in [2.75, 3.05) is 20.3 Å². The van der Waals surface area contributed by atoms with Crippen molar-refractivity contribution in [3.05, 3.63) is 0 Å². The lowest BCUT2D eigenvalue weighted by atomic mass is 9.81. The lowest BCUT2D eigenvalue weighted by molar-refractivity contribution is -0.0477. The molecule has 2 nitrogen and oxygen atoms in total. The van der Waals surface area contributed by atoms with Crippen LogP contribution in [0.15, 0.2) is 0 Å². The first-order chi connectivity index (χ1) is 5.64. The van der Waals surface area contributed by atoms with Crippen LogP contribution in [0, 0.1) is 5.41 Å². The number of hydrogen-bond donors (Lipinski definition) is 0. The monoisotopic (exact) mass is 172 g/mol. The molecule has 72 valence electrons. The van der Waals surface area contributed by atoms with E-state index >= 15 is 0 Å². The van der Waals surface area contributed by atoms with Gasteiger partial charge in [-0.3, -0.25) is 0 Å². The van der Waals surface area contributed by atoms with E-state index in [1.165, 1.54) is 12.8 Å². The van der Waals surface area contributed by atoms with Crippen LogP contribution >= 0.6 is 0 Å². The summed E-state index contributed by atoms with van der Waals surface area (Å²) in [5, 5.41) is 0. The van der Waals surface area contributed by atoms with E-state index in [1.807, 2.05) is 0 Å². The molecule has 1 aliphatic heterocycles. The summed E-state index contributed by atoms with van der Waals surface area (Å²) >= 11 is 0. The molecule has 0 aromatic carbocycles. The molecule has 1 aliphatic rings. The van der Waals surface area contributed by atoms with Crippen LogP contribution < -0.4 is 0 Å². The zero-order valence-corrected chi connectivity index (χ0v) is 8.43. The standard InChI is InChI=1S/C10H20O2/c1-10(2)5-7-12-9(8-10)4-6-11-3/h9H,4-8H2,1-3H3. The third-order valence-corrected chi connectivity index (χ3v) is 2.56. The van der Waals surface area contributed by atoms with Crippen molar-refractivity contribution in [2.24, 2.45) is 5.41 Å². The van der Waals surface area contributed by atoms with Gasteiger partial charge in [0.15, 0.2) is 0 Å². The molecule has 0 aliphatic carbocycles. The van der Waals surface area contributed by atoms with Gasteiger partial charge in [0.25, 0.3) is 0 Å². The summed E-state index contributed by atoms with van der Waals surface area (Å²) in [4.78, 5) is 0. The fraction of sp³-hybridized carbons (Fsp3) is 1.00. The fourth-order valence-electron chi connectivity index (χ4n) is 1.71. The zero-order valence-electron chi connectivity index (χ0n) is 8.43. The molecule has 12 heavy (non-hydrogen) atoms. The summed E-state index contributed by atoms with van der Waals surface area (Å²) in [6.07, 6.45) is 3.83. The predicted octanol–water partition coefficient (Wildman–Crippen LogP) is 2.23. The van der Waals surface area contributed by atoms with Gasteiger partial charge in [0.05, 0.1) is 6.10 Å². The second-order valence-corrected chi connectivity index (χ2v) is 4.39. The first-order valence-corrected chi connectivity index (χ1v) is 4.74. The van der Waals surface area contributed by atoms with Gasteiger partial charge in [-0.05, 0) is 24.7 Å². The molecule has 1 fully saturated rings. The van der Waals surface area contributed by atoms with Crippen molar-refractivity contribution in [3.63, 3.8) is 0 Å². The van der Waals surface area contributed by atoms with Crippen LogP contribution in [0.1, 0.15) is 33.1 Å². The lowest BCUT2D eigenvalue weighted by Gasteiger charge is -2.35. The molecule has 1 rings (SSSR count). The first kappa shape index (κ1) is 10.0. The molecule has 0 saturated carbocycles. The Morgan fingerprint density at radius 1 is 1.50 bits per heavy atom. The highest BCUT2D eigenvalue weighted by atomic mass is 16.5. The van der Waals surface area contributed by atoms with Crippen LogP contribution in [0.3, 0.4) is 0 Å². The highest BCUT2D eigenvalue weighted by Crippen LogP contribution is 2.33. The maximum absolute atomic E-state index is 5.64. The molecule has 1 unspecified atom stereocenters. The molecular weight excluding hydrogens is 152 g/mol. The van der Waals surface area contributed by atoms with Gasteiger partial charge in [-0.2, -0.15) is 0 Å². The van der Waals surface area contributed by atoms with Crippen LogP contribution in [0.5, 0.6) is 0 Å². The third kappa shape index (κ3) is 3.11. The van der Waals surface area contributed by atoms with E-state index in [2.05, 4.69) is 13.8 Å². The Labute approximate surface area is 75.2 Å². The molecule has 0 bridgehead atoms. The van der Waals surface area contributed by atoms with Crippen molar-refractivity contribution >= 4 is 0 Å².